The lowest BCUT2D eigenvalue weighted by atomic mass is 9.84. The lowest BCUT2D eigenvalue weighted by Gasteiger charge is -2.23. The van der Waals surface area contributed by atoms with Crippen LogP contribution in [-0.4, -0.2) is 75.4 Å². The second kappa shape index (κ2) is 37.3. The molecular weight excluding hydrogens is 1260 g/mol. The zero-order valence-corrected chi connectivity index (χ0v) is 56.6. The van der Waals surface area contributed by atoms with Crippen molar-refractivity contribution in [1.29, 1.82) is 0 Å². The molecule has 0 radical (unpaired) electrons. The van der Waals surface area contributed by atoms with Crippen molar-refractivity contribution in [3.63, 3.8) is 0 Å². The van der Waals surface area contributed by atoms with E-state index in [1.165, 1.54) is 72.8 Å². The van der Waals surface area contributed by atoms with Gasteiger partial charge in [0.05, 0.1) is 26.4 Å². The summed E-state index contributed by atoms with van der Waals surface area (Å²) < 4.78 is 50.0. The van der Waals surface area contributed by atoms with E-state index >= 15 is 0 Å². The number of unbranched alkanes of at least 4 members (excludes halogenated alkanes) is 4. The van der Waals surface area contributed by atoms with Gasteiger partial charge in [-0.1, -0.05) is 53.4 Å². The standard InChI is InChI=1S/C84H80O16/c1-5-9-37-93-73-45-61-41-63-47-74(94-38-10-6-2)49-65(78(63)30-34-82(90)98-70-23-15-58(54-86)16-24-70)43-67-51-76(96-40-12-8-4)52-68(80(67)32-36-84(92)100-72-27-19-60(56-88)20-28-72)44-66-50-75(95-39-11-7-3)48-64(79(66)31-35-83(91)99-71-25-17-59(55-87)18-26-71)42-62(46-73)77(61)29-33-81(89)97-69-21-13-57(53-85)14-22-69/h13-36,45-56H,5-12,37-44H2,1-4H3. The van der Waals surface area contributed by atoms with Crippen LogP contribution in [0.15, 0.2) is 170 Å². The van der Waals surface area contributed by atoms with Crippen LogP contribution >= 0.6 is 0 Å². The number of carbonyl (C=O) groups is 8. The number of hydrogen-bond donors (Lipinski definition) is 0. The van der Waals surface area contributed by atoms with Crippen molar-refractivity contribution in [3.05, 3.63) is 259 Å². The van der Waals surface area contributed by atoms with Crippen LogP contribution in [0.25, 0.3) is 24.3 Å². The molecule has 8 aromatic carbocycles. The van der Waals surface area contributed by atoms with Gasteiger partial charge in [0.2, 0.25) is 0 Å². The Kier molecular flexibility index (Phi) is 27.1. The zero-order chi connectivity index (χ0) is 70.6. The SMILES string of the molecule is CCCCOc1cc2c(C=CC(=O)Oc3ccc(C=O)cc3)c(c1)Cc1cc(OCCCC)cc(c1C=CC(=O)Oc1ccc(C=O)cc1)Cc1cc(OCCCC)cc(c1C=CC(=O)Oc1ccc(C=O)cc1)Cc1cc(OCCCC)cc(c1C=CC(=O)Oc1ccc(C=O)cc1)C2. The molecule has 9 rings (SSSR count). The molecule has 0 amide bonds. The first-order chi connectivity index (χ1) is 48.8. The van der Waals surface area contributed by atoms with Gasteiger partial charge < -0.3 is 37.9 Å². The van der Waals surface area contributed by atoms with Crippen LogP contribution in [0.2, 0.25) is 0 Å². The highest BCUT2D eigenvalue weighted by Crippen LogP contribution is 2.39. The molecule has 16 heteroatoms. The Morgan fingerprint density at radius 1 is 0.280 bits per heavy atom. The van der Waals surface area contributed by atoms with E-state index in [-0.39, 0.29) is 48.7 Å². The number of hydrogen-bond acceptors (Lipinski definition) is 16. The summed E-state index contributed by atoms with van der Waals surface area (Å²) in [5, 5.41) is 0. The second-order valence-electron chi connectivity index (χ2n) is 23.9. The predicted octanol–water partition coefficient (Wildman–Crippen LogP) is 16.8. The molecule has 1 aliphatic carbocycles. The van der Waals surface area contributed by atoms with Crippen molar-refractivity contribution < 1.29 is 76.3 Å². The smallest absolute Gasteiger partial charge is 0.336 e. The van der Waals surface area contributed by atoms with Gasteiger partial charge in [0, 0.05) is 46.6 Å². The minimum atomic E-state index is -0.709. The van der Waals surface area contributed by atoms with Gasteiger partial charge in [-0.3, -0.25) is 19.2 Å². The molecule has 0 saturated carbocycles. The molecule has 1 aliphatic rings. The van der Waals surface area contributed by atoms with Gasteiger partial charge in [-0.25, -0.2) is 19.2 Å². The molecule has 0 atom stereocenters. The monoisotopic (exact) mass is 1340 g/mol. The zero-order valence-electron chi connectivity index (χ0n) is 56.6. The van der Waals surface area contributed by atoms with E-state index in [1.807, 2.05) is 48.5 Å². The summed E-state index contributed by atoms with van der Waals surface area (Å²) >= 11 is 0. The topological polar surface area (TPSA) is 210 Å². The lowest BCUT2D eigenvalue weighted by molar-refractivity contribution is -0.129. The minimum Gasteiger partial charge on any atom is -0.494 e. The molecule has 0 fully saturated rings. The number of rotatable bonds is 32. The van der Waals surface area contributed by atoms with Gasteiger partial charge in [-0.05, 0) is 288 Å². The molecule has 16 nitrogen and oxygen atoms in total. The van der Waals surface area contributed by atoms with E-state index in [0.29, 0.717) is 164 Å². The highest BCUT2D eigenvalue weighted by atomic mass is 16.5. The summed E-state index contributed by atoms with van der Waals surface area (Å²) in [6.45, 7) is 9.80. The summed E-state index contributed by atoms with van der Waals surface area (Å²) in [5.74, 6) is 0.146. The Balaban J connectivity index is 1.36. The number of benzene rings is 8. The molecule has 0 aliphatic heterocycles. The summed E-state index contributed by atoms with van der Waals surface area (Å²) in [7, 11) is 0. The van der Waals surface area contributed by atoms with Gasteiger partial charge in [0.1, 0.15) is 71.1 Å². The third-order valence-electron chi connectivity index (χ3n) is 16.4. The Labute approximate surface area is 582 Å². The second-order valence-corrected chi connectivity index (χ2v) is 23.9. The van der Waals surface area contributed by atoms with Gasteiger partial charge in [-0.15, -0.1) is 0 Å². The highest BCUT2D eigenvalue weighted by molar-refractivity contribution is 5.93. The maximum atomic E-state index is 14.2. The minimum absolute atomic E-state index is 0.134. The molecule has 0 aromatic heterocycles. The number of fused-ring (bicyclic) bond motifs is 8. The first-order valence-electron chi connectivity index (χ1n) is 33.7. The van der Waals surface area contributed by atoms with Gasteiger partial charge in [0.25, 0.3) is 0 Å². The fourth-order valence-corrected chi connectivity index (χ4v) is 11.2. The largest absolute Gasteiger partial charge is 0.494 e. The van der Waals surface area contributed by atoms with Crippen molar-refractivity contribution in [1.82, 2.24) is 0 Å². The summed E-state index contributed by atoms with van der Waals surface area (Å²) in [4.78, 5) is 103. The van der Waals surface area contributed by atoms with Crippen molar-refractivity contribution in [2.24, 2.45) is 0 Å². The molecule has 0 N–H and O–H groups in total. The van der Waals surface area contributed by atoms with E-state index in [4.69, 9.17) is 37.9 Å². The van der Waals surface area contributed by atoms with Gasteiger partial charge in [0.15, 0.2) is 0 Å². The van der Waals surface area contributed by atoms with Crippen LogP contribution in [0, 0.1) is 0 Å². The van der Waals surface area contributed by atoms with Crippen LogP contribution in [0.1, 0.15) is 187 Å². The molecule has 0 heterocycles. The van der Waals surface area contributed by atoms with Crippen molar-refractivity contribution >= 4 is 73.3 Å². The van der Waals surface area contributed by atoms with Gasteiger partial charge in [-0.2, -0.15) is 0 Å². The maximum absolute atomic E-state index is 14.2. The summed E-state index contributed by atoms with van der Waals surface area (Å²) in [6.07, 6.45) is 21.9. The normalized spacial score (nSPS) is 11.9. The van der Waals surface area contributed by atoms with Crippen molar-refractivity contribution in [2.75, 3.05) is 26.4 Å². The summed E-state index contributed by atoms with van der Waals surface area (Å²) in [5.41, 5.74) is 9.56. The van der Waals surface area contributed by atoms with Crippen LogP contribution in [-0.2, 0) is 44.9 Å². The highest BCUT2D eigenvalue weighted by Gasteiger charge is 2.24. The molecule has 0 spiro atoms. The fourth-order valence-electron chi connectivity index (χ4n) is 11.2. The number of carbonyl (C=O) groups excluding carboxylic acids is 8. The molecule has 512 valence electrons. The first kappa shape index (κ1) is 72.7. The first-order valence-corrected chi connectivity index (χ1v) is 33.7. The average molecular weight is 1350 g/mol. The summed E-state index contributed by atoms with van der Waals surface area (Å²) in [6, 6.07) is 40.2. The quantitative estimate of drug-likeness (QED) is 0.0126. The Morgan fingerprint density at radius 3 is 0.620 bits per heavy atom. The molecular formula is C84H80O16. The maximum Gasteiger partial charge on any atom is 0.336 e. The number of aldehydes is 4. The third kappa shape index (κ3) is 21.2. The average Bonchev–Trinajstić information content (AvgIpc) is 0.775. The van der Waals surface area contributed by atoms with E-state index in [0.717, 1.165) is 51.4 Å². The van der Waals surface area contributed by atoms with Crippen molar-refractivity contribution in [2.45, 2.75) is 105 Å². The predicted molar refractivity (Wildman–Crippen MR) is 385 cm³/mol. The molecule has 0 saturated heterocycles. The molecule has 0 unspecified atom stereocenters. The van der Waals surface area contributed by atoms with Gasteiger partial charge >= 0.3 is 23.9 Å². The van der Waals surface area contributed by atoms with Crippen LogP contribution in [0.4, 0.5) is 0 Å². The number of ether oxygens (including phenoxy) is 8. The van der Waals surface area contributed by atoms with E-state index in [2.05, 4.69) is 27.7 Å². The van der Waals surface area contributed by atoms with E-state index in [9.17, 15) is 38.4 Å². The molecule has 100 heavy (non-hydrogen) atoms. The molecule has 8 aromatic rings. The lowest BCUT2D eigenvalue weighted by Crippen LogP contribution is -2.10. The Hall–Kier alpha value is -11.5. The number of esters is 4. The van der Waals surface area contributed by atoms with Crippen molar-refractivity contribution in [3.8, 4) is 46.0 Å². The molecule has 8 bridgehead atoms. The van der Waals surface area contributed by atoms with E-state index < -0.39 is 23.9 Å². The van der Waals surface area contributed by atoms with Crippen LogP contribution in [0.5, 0.6) is 46.0 Å². The fraction of sp³-hybridized carbons (Fsp3) is 0.238. The Bertz CT molecular complexity index is 3680. The van der Waals surface area contributed by atoms with Crippen LogP contribution in [0.3, 0.4) is 0 Å². The van der Waals surface area contributed by atoms with E-state index in [1.54, 1.807) is 72.8 Å². The third-order valence-corrected chi connectivity index (χ3v) is 16.4. The Morgan fingerprint density at radius 2 is 0.460 bits per heavy atom. The van der Waals surface area contributed by atoms with Crippen LogP contribution < -0.4 is 37.9 Å².